The standard InChI is InChI=1S/C18H19NO4/c1-11(2)12-5-4-6-13(9-12)14-7-8-16(19-18(22)23-3)15(10-14)17(20)21/h4-11H,1-3H3,(H,19,22)(H,20,21). The van der Waals surface area contributed by atoms with Crippen LogP contribution in [-0.2, 0) is 4.74 Å². The molecule has 0 aliphatic carbocycles. The average Bonchev–Trinajstić information content (AvgIpc) is 2.54. The fourth-order valence-electron chi connectivity index (χ4n) is 2.25. The summed E-state index contributed by atoms with van der Waals surface area (Å²) in [6.45, 7) is 4.20. The van der Waals surface area contributed by atoms with Crippen LogP contribution in [0.25, 0.3) is 11.1 Å². The monoisotopic (exact) mass is 313 g/mol. The zero-order valence-electron chi connectivity index (χ0n) is 13.3. The largest absolute Gasteiger partial charge is 0.478 e. The molecule has 0 aliphatic rings. The predicted octanol–water partition coefficient (Wildman–Crippen LogP) is 4.35. The molecule has 2 aromatic rings. The fraction of sp³-hybridized carbons (Fsp3) is 0.222. The van der Waals surface area contributed by atoms with Crippen LogP contribution in [0.4, 0.5) is 10.5 Å². The number of carboxylic acid groups (broad SMARTS) is 1. The maximum Gasteiger partial charge on any atom is 0.411 e. The average molecular weight is 313 g/mol. The molecule has 5 heteroatoms. The van der Waals surface area contributed by atoms with E-state index in [1.54, 1.807) is 18.2 Å². The van der Waals surface area contributed by atoms with Crippen molar-refractivity contribution in [3.05, 3.63) is 53.6 Å². The van der Waals surface area contributed by atoms with Crippen LogP contribution < -0.4 is 5.32 Å². The third kappa shape index (κ3) is 3.88. The summed E-state index contributed by atoms with van der Waals surface area (Å²) in [6, 6.07) is 12.9. The van der Waals surface area contributed by atoms with Gasteiger partial charge in [-0.25, -0.2) is 9.59 Å². The van der Waals surface area contributed by atoms with E-state index >= 15 is 0 Å². The highest BCUT2D eigenvalue weighted by Crippen LogP contribution is 2.28. The van der Waals surface area contributed by atoms with E-state index < -0.39 is 12.1 Å². The third-order valence-corrected chi connectivity index (χ3v) is 3.56. The van der Waals surface area contributed by atoms with Crippen LogP contribution in [0.5, 0.6) is 0 Å². The minimum absolute atomic E-state index is 0.0165. The number of carbonyl (C=O) groups excluding carboxylic acids is 1. The van der Waals surface area contributed by atoms with Crippen molar-refractivity contribution in [1.82, 2.24) is 0 Å². The number of benzene rings is 2. The second-order valence-corrected chi connectivity index (χ2v) is 5.46. The van der Waals surface area contributed by atoms with Crippen molar-refractivity contribution >= 4 is 17.7 Å². The molecule has 0 aliphatic heterocycles. The van der Waals surface area contributed by atoms with Crippen molar-refractivity contribution in [3.8, 4) is 11.1 Å². The molecule has 23 heavy (non-hydrogen) atoms. The van der Waals surface area contributed by atoms with E-state index in [9.17, 15) is 14.7 Å². The SMILES string of the molecule is COC(=O)Nc1ccc(-c2cccc(C(C)C)c2)cc1C(=O)O. The number of ether oxygens (including phenoxy) is 1. The van der Waals surface area contributed by atoms with Gasteiger partial charge in [0.1, 0.15) is 0 Å². The number of amides is 1. The lowest BCUT2D eigenvalue weighted by Crippen LogP contribution is -2.14. The minimum atomic E-state index is -1.11. The molecule has 2 N–H and O–H groups in total. The van der Waals surface area contributed by atoms with E-state index in [2.05, 4.69) is 23.9 Å². The summed E-state index contributed by atoms with van der Waals surface area (Å²) in [5, 5.41) is 11.8. The Hall–Kier alpha value is -2.82. The summed E-state index contributed by atoms with van der Waals surface area (Å²) >= 11 is 0. The first-order valence-corrected chi connectivity index (χ1v) is 7.25. The minimum Gasteiger partial charge on any atom is -0.478 e. The molecule has 1 amide bonds. The zero-order valence-corrected chi connectivity index (χ0v) is 13.3. The Morgan fingerprint density at radius 2 is 1.78 bits per heavy atom. The molecule has 2 rings (SSSR count). The summed E-state index contributed by atoms with van der Waals surface area (Å²) in [4.78, 5) is 22.8. The molecule has 0 saturated carbocycles. The van der Waals surface area contributed by atoms with Crippen LogP contribution in [-0.4, -0.2) is 24.3 Å². The van der Waals surface area contributed by atoms with E-state index in [0.29, 0.717) is 5.92 Å². The number of methoxy groups -OCH3 is 1. The molecule has 5 nitrogen and oxygen atoms in total. The van der Waals surface area contributed by atoms with E-state index in [1.807, 2.05) is 24.3 Å². The van der Waals surface area contributed by atoms with Gasteiger partial charge in [0, 0.05) is 0 Å². The smallest absolute Gasteiger partial charge is 0.411 e. The van der Waals surface area contributed by atoms with E-state index in [-0.39, 0.29) is 11.3 Å². The molecule has 120 valence electrons. The molecular weight excluding hydrogens is 294 g/mol. The summed E-state index contributed by atoms with van der Waals surface area (Å²) in [5.41, 5.74) is 3.11. The molecule has 0 atom stereocenters. The second kappa shape index (κ2) is 6.96. The van der Waals surface area contributed by atoms with E-state index in [0.717, 1.165) is 11.1 Å². The number of rotatable bonds is 4. The van der Waals surface area contributed by atoms with Crippen LogP contribution in [0, 0.1) is 0 Å². The first-order valence-electron chi connectivity index (χ1n) is 7.25. The highest BCUT2D eigenvalue weighted by molar-refractivity contribution is 6.00. The normalized spacial score (nSPS) is 10.4. The maximum atomic E-state index is 11.5. The van der Waals surface area contributed by atoms with Crippen LogP contribution in [0.2, 0.25) is 0 Å². The fourth-order valence-corrected chi connectivity index (χ4v) is 2.25. The van der Waals surface area contributed by atoms with Gasteiger partial charge in [-0.05, 0) is 34.7 Å². The molecule has 0 heterocycles. The molecule has 0 spiro atoms. The summed E-state index contributed by atoms with van der Waals surface area (Å²) in [6.07, 6.45) is -0.706. The Morgan fingerprint density at radius 3 is 2.39 bits per heavy atom. The van der Waals surface area contributed by atoms with E-state index in [4.69, 9.17) is 0 Å². The molecular formula is C18H19NO4. The number of carboxylic acids is 1. The Labute approximate surface area is 134 Å². The van der Waals surface area contributed by atoms with Crippen LogP contribution >= 0.6 is 0 Å². The molecule has 0 unspecified atom stereocenters. The summed E-state index contributed by atoms with van der Waals surface area (Å²) < 4.78 is 4.50. The first-order chi connectivity index (χ1) is 10.9. The summed E-state index contributed by atoms with van der Waals surface area (Å²) in [5.74, 6) is -0.729. The van der Waals surface area contributed by atoms with Gasteiger partial charge >= 0.3 is 12.1 Å². The number of aromatic carboxylic acids is 1. The molecule has 0 aromatic heterocycles. The van der Waals surface area contributed by atoms with Crippen molar-refractivity contribution in [2.24, 2.45) is 0 Å². The molecule has 0 radical (unpaired) electrons. The number of nitrogens with one attached hydrogen (secondary N) is 1. The molecule has 0 saturated heterocycles. The van der Waals surface area contributed by atoms with Crippen LogP contribution in [0.3, 0.4) is 0 Å². The Balaban J connectivity index is 2.45. The van der Waals surface area contributed by atoms with Crippen molar-refractivity contribution in [2.45, 2.75) is 19.8 Å². The number of carbonyl (C=O) groups is 2. The van der Waals surface area contributed by atoms with Gasteiger partial charge in [0.2, 0.25) is 0 Å². The quantitative estimate of drug-likeness (QED) is 0.879. The van der Waals surface area contributed by atoms with Gasteiger partial charge in [0.15, 0.2) is 0 Å². The van der Waals surface area contributed by atoms with Crippen molar-refractivity contribution in [2.75, 3.05) is 12.4 Å². The highest BCUT2D eigenvalue weighted by atomic mass is 16.5. The Kier molecular flexibility index (Phi) is 5.01. The van der Waals surface area contributed by atoms with Gasteiger partial charge < -0.3 is 9.84 Å². The lowest BCUT2D eigenvalue weighted by molar-refractivity contribution is 0.0698. The van der Waals surface area contributed by atoms with Crippen molar-refractivity contribution in [3.63, 3.8) is 0 Å². The number of hydrogen-bond donors (Lipinski definition) is 2. The molecule has 0 fully saturated rings. The van der Waals surface area contributed by atoms with Gasteiger partial charge in [-0.15, -0.1) is 0 Å². The lowest BCUT2D eigenvalue weighted by atomic mass is 9.96. The van der Waals surface area contributed by atoms with E-state index in [1.165, 1.54) is 12.7 Å². The van der Waals surface area contributed by atoms with Crippen LogP contribution in [0.1, 0.15) is 35.7 Å². The molecule has 0 bridgehead atoms. The number of anilines is 1. The first kappa shape index (κ1) is 16.5. The third-order valence-electron chi connectivity index (χ3n) is 3.56. The second-order valence-electron chi connectivity index (χ2n) is 5.46. The zero-order chi connectivity index (χ0) is 17.0. The number of hydrogen-bond acceptors (Lipinski definition) is 3. The van der Waals surface area contributed by atoms with Gasteiger partial charge in [-0.3, -0.25) is 5.32 Å². The topological polar surface area (TPSA) is 75.6 Å². The Morgan fingerprint density at radius 1 is 1.09 bits per heavy atom. The van der Waals surface area contributed by atoms with Crippen molar-refractivity contribution in [1.29, 1.82) is 0 Å². The lowest BCUT2D eigenvalue weighted by Gasteiger charge is -2.12. The van der Waals surface area contributed by atoms with Gasteiger partial charge in [-0.2, -0.15) is 0 Å². The van der Waals surface area contributed by atoms with Crippen molar-refractivity contribution < 1.29 is 19.4 Å². The van der Waals surface area contributed by atoms with Gasteiger partial charge in [0.25, 0.3) is 0 Å². The Bertz CT molecular complexity index is 738. The van der Waals surface area contributed by atoms with Crippen LogP contribution in [0.15, 0.2) is 42.5 Å². The predicted molar refractivity (Wildman–Crippen MR) is 89.0 cm³/mol. The van der Waals surface area contributed by atoms with Gasteiger partial charge in [0.05, 0.1) is 18.4 Å². The maximum absolute atomic E-state index is 11.5. The highest BCUT2D eigenvalue weighted by Gasteiger charge is 2.14. The molecule has 2 aromatic carbocycles. The summed E-state index contributed by atoms with van der Waals surface area (Å²) in [7, 11) is 1.22. The van der Waals surface area contributed by atoms with Gasteiger partial charge in [-0.1, -0.05) is 44.2 Å².